The molecule has 0 saturated heterocycles. The van der Waals surface area contributed by atoms with E-state index < -0.39 is 5.54 Å². The van der Waals surface area contributed by atoms with E-state index in [-0.39, 0.29) is 12.4 Å². The first-order valence-corrected chi connectivity index (χ1v) is 9.58. The van der Waals surface area contributed by atoms with Crippen molar-refractivity contribution in [1.29, 1.82) is 0 Å². The van der Waals surface area contributed by atoms with Crippen molar-refractivity contribution in [3.8, 4) is 22.7 Å². The van der Waals surface area contributed by atoms with Crippen LogP contribution in [0.4, 0.5) is 0 Å². The summed E-state index contributed by atoms with van der Waals surface area (Å²) in [6, 6.07) is 12.1. The molecule has 4 aromatic rings. The molecule has 29 heavy (non-hydrogen) atoms. The minimum Gasteiger partial charge on any atom is -0.334 e. The molecule has 0 aliphatic heterocycles. The Morgan fingerprint density at radius 3 is 2.55 bits per heavy atom. The summed E-state index contributed by atoms with van der Waals surface area (Å²) in [7, 11) is 1.90. The van der Waals surface area contributed by atoms with Crippen LogP contribution in [0.5, 0.6) is 0 Å². The van der Waals surface area contributed by atoms with Crippen molar-refractivity contribution in [2.24, 2.45) is 12.8 Å². The molecule has 3 aromatic heterocycles. The maximum absolute atomic E-state index is 6.53. The molecule has 1 aromatic carbocycles. The summed E-state index contributed by atoms with van der Waals surface area (Å²) in [5.41, 5.74) is 10.4. The van der Waals surface area contributed by atoms with Gasteiger partial charge in [-0.25, -0.2) is 4.98 Å². The van der Waals surface area contributed by atoms with Crippen molar-refractivity contribution in [3.05, 3.63) is 47.9 Å². The fourth-order valence-electron chi connectivity index (χ4n) is 4.13. The highest BCUT2D eigenvalue weighted by atomic mass is 35.5. The predicted molar refractivity (Wildman–Crippen MR) is 114 cm³/mol. The van der Waals surface area contributed by atoms with Gasteiger partial charge in [0.05, 0.1) is 27.9 Å². The van der Waals surface area contributed by atoms with Crippen molar-refractivity contribution >= 4 is 23.4 Å². The zero-order valence-electron chi connectivity index (χ0n) is 16.4. The van der Waals surface area contributed by atoms with Crippen LogP contribution in [-0.4, -0.2) is 24.9 Å². The molecule has 7 nitrogen and oxygen atoms in total. The molecule has 1 aliphatic rings. The quantitative estimate of drug-likeness (QED) is 0.545. The fraction of sp³-hybridized carbons (Fsp3) is 0.333. The van der Waals surface area contributed by atoms with Crippen LogP contribution in [0.15, 0.2) is 40.9 Å². The summed E-state index contributed by atoms with van der Waals surface area (Å²) < 4.78 is 7.48. The molecular formula is C21H23ClN6O. The summed E-state index contributed by atoms with van der Waals surface area (Å²) >= 11 is 0. The highest BCUT2D eigenvalue weighted by Crippen LogP contribution is 2.37. The van der Waals surface area contributed by atoms with Gasteiger partial charge in [-0.1, -0.05) is 48.3 Å². The zero-order valence-corrected chi connectivity index (χ0v) is 17.2. The Morgan fingerprint density at radius 2 is 1.83 bits per heavy atom. The van der Waals surface area contributed by atoms with E-state index >= 15 is 0 Å². The number of benzene rings is 1. The topological polar surface area (TPSA) is 95.7 Å². The van der Waals surface area contributed by atoms with E-state index in [1.54, 1.807) is 4.68 Å². The lowest BCUT2D eigenvalue weighted by molar-refractivity contribution is 0.373. The first-order valence-electron chi connectivity index (χ1n) is 9.58. The zero-order chi connectivity index (χ0) is 19.3. The third-order valence-electron chi connectivity index (χ3n) is 5.64. The number of aryl methyl sites for hydroxylation is 2. The van der Waals surface area contributed by atoms with Crippen molar-refractivity contribution < 1.29 is 4.52 Å². The number of fused-ring (bicyclic) bond motifs is 1. The van der Waals surface area contributed by atoms with E-state index in [2.05, 4.69) is 10.3 Å². The van der Waals surface area contributed by atoms with Gasteiger partial charge in [-0.15, -0.1) is 12.4 Å². The Labute approximate surface area is 174 Å². The monoisotopic (exact) mass is 410 g/mol. The lowest BCUT2D eigenvalue weighted by Gasteiger charge is -2.17. The Morgan fingerprint density at radius 1 is 1.10 bits per heavy atom. The summed E-state index contributed by atoms with van der Waals surface area (Å²) in [4.78, 5) is 9.54. The molecule has 2 N–H and O–H groups in total. The first kappa shape index (κ1) is 19.5. The number of nitrogens with zero attached hydrogens (tertiary/aromatic N) is 5. The van der Waals surface area contributed by atoms with Crippen LogP contribution in [-0.2, 0) is 12.6 Å². The Balaban J connectivity index is 0.00000205. The highest BCUT2D eigenvalue weighted by Gasteiger charge is 2.36. The van der Waals surface area contributed by atoms with Gasteiger partial charge in [0.1, 0.15) is 0 Å². The van der Waals surface area contributed by atoms with Crippen molar-refractivity contribution in [2.75, 3.05) is 0 Å². The van der Waals surface area contributed by atoms with Crippen LogP contribution >= 0.6 is 12.4 Å². The standard InChI is InChI=1S/C21H22N6O.ClH/c1-13-17-15(19-24-20(26-28-19)21(22)10-6-7-11-21)12-16(14-8-4-3-5-9-14)23-18(17)27(2)25-13;/h3-5,8-9,12H,6-7,10-11,22H2,1-2H3;1H. The van der Waals surface area contributed by atoms with Gasteiger partial charge < -0.3 is 10.3 Å². The summed E-state index contributed by atoms with van der Waals surface area (Å²) in [6.45, 7) is 1.97. The normalized spacial score (nSPS) is 15.6. The number of hydrogen-bond acceptors (Lipinski definition) is 6. The van der Waals surface area contributed by atoms with E-state index in [0.717, 1.165) is 59.2 Å². The van der Waals surface area contributed by atoms with Crippen LogP contribution in [0, 0.1) is 6.92 Å². The maximum atomic E-state index is 6.53. The number of nitrogens with two attached hydrogens (primary N) is 1. The SMILES string of the molecule is Cc1nn(C)c2nc(-c3ccccc3)cc(-c3nc(C4(N)CCCC4)no3)c12.Cl. The first-order chi connectivity index (χ1) is 13.5. The Bertz CT molecular complexity index is 1160. The molecule has 5 rings (SSSR count). The summed E-state index contributed by atoms with van der Waals surface area (Å²) in [6.07, 6.45) is 3.97. The highest BCUT2D eigenvalue weighted by molar-refractivity contribution is 5.95. The van der Waals surface area contributed by atoms with Gasteiger partial charge >= 0.3 is 0 Å². The molecule has 1 fully saturated rings. The summed E-state index contributed by atoms with van der Waals surface area (Å²) in [5.74, 6) is 1.06. The third-order valence-corrected chi connectivity index (χ3v) is 5.64. The summed E-state index contributed by atoms with van der Waals surface area (Å²) in [5, 5.41) is 9.71. The van der Waals surface area contributed by atoms with E-state index in [1.807, 2.05) is 50.4 Å². The van der Waals surface area contributed by atoms with Gasteiger partial charge in [0.25, 0.3) is 5.89 Å². The van der Waals surface area contributed by atoms with Gasteiger partial charge in [-0.3, -0.25) is 4.68 Å². The molecule has 0 bridgehead atoms. The molecule has 0 spiro atoms. The van der Waals surface area contributed by atoms with E-state index in [4.69, 9.17) is 20.2 Å². The number of aromatic nitrogens is 5. The van der Waals surface area contributed by atoms with Crippen molar-refractivity contribution in [1.82, 2.24) is 24.9 Å². The van der Waals surface area contributed by atoms with Crippen LogP contribution in [0.3, 0.4) is 0 Å². The molecule has 1 saturated carbocycles. The van der Waals surface area contributed by atoms with Crippen LogP contribution < -0.4 is 5.73 Å². The molecular weight excluding hydrogens is 388 g/mol. The minimum absolute atomic E-state index is 0. The smallest absolute Gasteiger partial charge is 0.258 e. The average molecular weight is 411 g/mol. The molecule has 1 aliphatic carbocycles. The lowest BCUT2D eigenvalue weighted by atomic mass is 9.98. The van der Waals surface area contributed by atoms with Crippen LogP contribution in [0.2, 0.25) is 0 Å². The molecule has 0 radical (unpaired) electrons. The largest absolute Gasteiger partial charge is 0.334 e. The minimum atomic E-state index is -0.486. The van der Waals surface area contributed by atoms with Gasteiger partial charge in [0.2, 0.25) is 0 Å². The van der Waals surface area contributed by atoms with Crippen LogP contribution in [0.25, 0.3) is 33.7 Å². The molecule has 150 valence electrons. The fourth-order valence-corrected chi connectivity index (χ4v) is 4.13. The van der Waals surface area contributed by atoms with Crippen LogP contribution in [0.1, 0.15) is 37.2 Å². The van der Waals surface area contributed by atoms with Crippen molar-refractivity contribution in [2.45, 2.75) is 38.1 Å². The van der Waals surface area contributed by atoms with Gasteiger partial charge in [-0.05, 0) is 25.8 Å². The maximum Gasteiger partial charge on any atom is 0.258 e. The predicted octanol–water partition coefficient (Wildman–Crippen LogP) is 4.14. The van der Waals surface area contributed by atoms with Crippen molar-refractivity contribution in [3.63, 3.8) is 0 Å². The second kappa shape index (κ2) is 7.24. The Kier molecular flexibility index (Phi) is 4.88. The molecule has 0 atom stereocenters. The Hall–Kier alpha value is -2.77. The van der Waals surface area contributed by atoms with Gasteiger partial charge in [0.15, 0.2) is 11.5 Å². The van der Waals surface area contributed by atoms with Gasteiger partial charge in [0, 0.05) is 12.6 Å². The second-order valence-electron chi connectivity index (χ2n) is 7.62. The molecule has 8 heteroatoms. The third kappa shape index (κ3) is 3.20. The number of halogens is 1. The lowest BCUT2D eigenvalue weighted by Crippen LogP contribution is -2.34. The molecule has 0 amide bonds. The van der Waals surface area contributed by atoms with Gasteiger partial charge in [-0.2, -0.15) is 10.1 Å². The number of rotatable bonds is 3. The number of hydrogen-bond donors (Lipinski definition) is 1. The average Bonchev–Trinajstić information content (AvgIpc) is 3.43. The van der Waals surface area contributed by atoms with E-state index in [9.17, 15) is 0 Å². The number of pyridine rings is 1. The second-order valence-corrected chi connectivity index (χ2v) is 7.62. The molecule has 0 unspecified atom stereocenters. The van der Waals surface area contributed by atoms with E-state index in [0.29, 0.717) is 11.7 Å². The molecule has 3 heterocycles. The van der Waals surface area contributed by atoms with E-state index in [1.165, 1.54) is 0 Å².